The van der Waals surface area contributed by atoms with Crippen LogP contribution < -0.4 is 10.6 Å². The number of fused-ring (bicyclic) bond motifs is 1. The Balaban J connectivity index is 1.38. The monoisotopic (exact) mass is 498 g/mol. The highest BCUT2D eigenvalue weighted by atomic mass is 19.1. The Hall–Kier alpha value is -3.50. The van der Waals surface area contributed by atoms with Crippen molar-refractivity contribution in [3.8, 4) is 0 Å². The van der Waals surface area contributed by atoms with Crippen LogP contribution in [0.15, 0.2) is 18.2 Å². The van der Waals surface area contributed by atoms with Crippen molar-refractivity contribution in [1.29, 1.82) is 0 Å². The molecular weight excluding hydrogens is 467 g/mol. The highest BCUT2D eigenvalue weighted by Gasteiger charge is 2.27. The number of aryl methyl sites for hydroxylation is 1. The van der Waals surface area contributed by atoms with Crippen molar-refractivity contribution in [2.24, 2.45) is 0 Å². The van der Waals surface area contributed by atoms with E-state index in [1.807, 2.05) is 0 Å². The summed E-state index contributed by atoms with van der Waals surface area (Å²) in [4.78, 5) is 42.3. The lowest BCUT2D eigenvalue weighted by molar-refractivity contribution is -0.132. The first-order valence-corrected chi connectivity index (χ1v) is 12.1. The van der Waals surface area contributed by atoms with Gasteiger partial charge in [0.15, 0.2) is 0 Å². The number of anilines is 1. The SMILES string of the molecule is Cc1[nH]c(C=C2C(=O)Nc3ccc(F)cc32)c(C)c1C(=O)NC[C@@H](O)C[C@@H](O)CC(=O)N1CCCC1. The first kappa shape index (κ1) is 25.6. The van der Waals surface area contributed by atoms with Crippen LogP contribution in [0.1, 0.15) is 58.6 Å². The number of nitrogens with one attached hydrogen (secondary N) is 3. The molecule has 0 aliphatic carbocycles. The number of carbonyl (C=O) groups excluding carboxylic acids is 3. The first-order valence-electron chi connectivity index (χ1n) is 12.1. The average molecular weight is 499 g/mol. The van der Waals surface area contributed by atoms with Gasteiger partial charge in [-0.2, -0.15) is 0 Å². The van der Waals surface area contributed by atoms with Gasteiger partial charge in [0.1, 0.15) is 5.82 Å². The van der Waals surface area contributed by atoms with E-state index in [9.17, 15) is 29.0 Å². The Morgan fingerprint density at radius 2 is 1.92 bits per heavy atom. The highest BCUT2D eigenvalue weighted by Crippen LogP contribution is 2.34. The third kappa shape index (κ3) is 5.50. The van der Waals surface area contributed by atoms with Crippen LogP contribution in [-0.4, -0.2) is 69.7 Å². The summed E-state index contributed by atoms with van der Waals surface area (Å²) in [5.41, 5.74) is 3.33. The summed E-state index contributed by atoms with van der Waals surface area (Å²) in [5, 5.41) is 25.8. The second-order valence-electron chi connectivity index (χ2n) is 9.41. The van der Waals surface area contributed by atoms with Crippen LogP contribution in [0.2, 0.25) is 0 Å². The summed E-state index contributed by atoms with van der Waals surface area (Å²) in [7, 11) is 0. The number of rotatable bonds is 8. The normalized spacial score (nSPS) is 17.8. The minimum absolute atomic E-state index is 0.0343. The summed E-state index contributed by atoms with van der Waals surface area (Å²) in [5.74, 6) is -1.37. The Bertz CT molecular complexity index is 1220. The zero-order valence-corrected chi connectivity index (χ0v) is 20.4. The van der Waals surface area contributed by atoms with Gasteiger partial charge >= 0.3 is 0 Å². The van der Waals surface area contributed by atoms with E-state index in [1.165, 1.54) is 18.2 Å². The summed E-state index contributed by atoms with van der Waals surface area (Å²) < 4.78 is 13.7. The molecule has 3 amide bonds. The molecule has 36 heavy (non-hydrogen) atoms. The number of H-pyrrole nitrogens is 1. The number of halogens is 1. The Labute approximate surface area is 208 Å². The summed E-state index contributed by atoms with van der Waals surface area (Å²) in [6, 6.07) is 4.05. The first-order chi connectivity index (χ1) is 17.1. The van der Waals surface area contributed by atoms with Crippen molar-refractivity contribution < 1.29 is 29.0 Å². The molecule has 4 rings (SSSR count). The van der Waals surface area contributed by atoms with Gasteiger partial charge in [-0.05, 0) is 56.5 Å². The third-order valence-electron chi connectivity index (χ3n) is 6.67. The molecule has 3 heterocycles. The maximum atomic E-state index is 13.7. The zero-order chi connectivity index (χ0) is 26.0. The van der Waals surface area contributed by atoms with Crippen molar-refractivity contribution in [3.63, 3.8) is 0 Å². The Kier molecular flexibility index (Phi) is 7.56. The van der Waals surface area contributed by atoms with Crippen LogP contribution in [-0.2, 0) is 9.59 Å². The summed E-state index contributed by atoms with van der Waals surface area (Å²) in [6.07, 6.45) is 1.41. The van der Waals surface area contributed by atoms with E-state index in [-0.39, 0.29) is 36.8 Å². The minimum atomic E-state index is -1.02. The fourth-order valence-corrected chi connectivity index (χ4v) is 4.78. The second kappa shape index (κ2) is 10.6. The van der Waals surface area contributed by atoms with Crippen molar-refractivity contribution in [1.82, 2.24) is 15.2 Å². The lowest BCUT2D eigenvalue weighted by atomic mass is 10.0. The number of amides is 3. The number of hydrogen-bond acceptors (Lipinski definition) is 5. The molecule has 9 nitrogen and oxygen atoms in total. The number of likely N-dealkylation sites (tertiary alicyclic amines) is 1. The molecule has 0 bridgehead atoms. The Morgan fingerprint density at radius 3 is 2.64 bits per heavy atom. The number of aromatic nitrogens is 1. The lowest BCUT2D eigenvalue weighted by Gasteiger charge is -2.20. The van der Waals surface area contributed by atoms with E-state index in [0.29, 0.717) is 46.9 Å². The van der Waals surface area contributed by atoms with Crippen LogP contribution >= 0.6 is 0 Å². The molecule has 0 unspecified atom stereocenters. The molecule has 1 saturated heterocycles. The average Bonchev–Trinajstić information content (AvgIpc) is 3.52. The van der Waals surface area contributed by atoms with Gasteiger partial charge in [0.25, 0.3) is 11.8 Å². The molecule has 1 fully saturated rings. The molecule has 0 radical (unpaired) electrons. The zero-order valence-electron chi connectivity index (χ0n) is 20.4. The summed E-state index contributed by atoms with van der Waals surface area (Å²) >= 11 is 0. The number of aromatic amines is 1. The van der Waals surface area contributed by atoms with Gasteiger partial charge in [-0.15, -0.1) is 0 Å². The second-order valence-corrected chi connectivity index (χ2v) is 9.41. The van der Waals surface area contributed by atoms with Gasteiger partial charge in [0.2, 0.25) is 5.91 Å². The number of benzene rings is 1. The molecule has 5 N–H and O–H groups in total. The number of nitrogens with zero attached hydrogens (tertiary/aromatic N) is 1. The maximum absolute atomic E-state index is 13.7. The highest BCUT2D eigenvalue weighted by molar-refractivity contribution is 6.34. The largest absolute Gasteiger partial charge is 0.392 e. The van der Waals surface area contributed by atoms with Crippen molar-refractivity contribution in [2.75, 3.05) is 25.0 Å². The Morgan fingerprint density at radius 1 is 1.19 bits per heavy atom. The number of hydrogen-bond donors (Lipinski definition) is 5. The fourth-order valence-electron chi connectivity index (χ4n) is 4.78. The molecular formula is C26H31FN4O5. The van der Waals surface area contributed by atoms with Crippen molar-refractivity contribution in [3.05, 3.63) is 52.1 Å². The number of aliphatic hydroxyl groups excluding tert-OH is 2. The fraction of sp³-hybridized carbons (Fsp3) is 0.423. The van der Waals surface area contributed by atoms with Crippen molar-refractivity contribution in [2.45, 2.75) is 51.7 Å². The molecule has 0 saturated carbocycles. The number of aliphatic hydroxyl groups is 2. The molecule has 10 heteroatoms. The molecule has 2 atom stereocenters. The third-order valence-corrected chi connectivity index (χ3v) is 6.67. The van der Waals surface area contributed by atoms with Gasteiger partial charge < -0.3 is 30.7 Å². The van der Waals surface area contributed by atoms with E-state index in [2.05, 4.69) is 15.6 Å². The quantitative estimate of drug-likeness (QED) is 0.356. The maximum Gasteiger partial charge on any atom is 0.256 e. The smallest absolute Gasteiger partial charge is 0.256 e. The van der Waals surface area contributed by atoms with Crippen LogP contribution in [0.3, 0.4) is 0 Å². The minimum Gasteiger partial charge on any atom is -0.392 e. The molecule has 1 aromatic heterocycles. The van der Waals surface area contributed by atoms with Crippen LogP contribution in [0.4, 0.5) is 10.1 Å². The molecule has 2 aromatic rings. The predicted molar refractivity (Wildman–Crippen MR) is 133 cm³/mol. The molecule has 192 valence electrons. The topological polar surface area (TPSA) is 135 Å². The van der Waals surface area contributed by atoms with Crippen LogP contribution in [0, 0.1) is 19.7 Å². The molecule has 1 aromatic carbocycles. The summed E-state index contributed by atoms with van der Waals surface area (Å²) in [6.45, 7) is 4.76. The van der Waals surface area contributed by atoms with E-state index in [4.69, 9.17) is 0 Å². The van der Waals surface area contributed by atoms with Gasteiger partial charge in [0, 0.05) is 48.7 Å². The molecule has 0 spiro atoms. The molecule has 2 aliphatic heterocycles. The molecule has 2 aliphatic rings. The number of carbonyl (C=O) groups is 3. The predicted octanol–water partition coefficient (Wildman–Crippen LogP) is 2.12. The van der Waals surface area contributed by atoms with Crippen LogP contribution in [0.25, 0.3) is 11.6 Å². The lowest BCUT2D eigenvalue weighted by Crippen LogP contribution is -2.36. The van der Waals surface area contributed by atoms with E-state index in [1.54, 1.807) is 24.8 Å². The van der Waals surface area contributed by atoms with E-state index < -0.39 is 23.9 Å². The van der Waals surface area contributed by atoms with Gasteiger partial charge in [-0.1, -0.05) is 0 Å². The van der Waals surface area contributed by atoms with Gasteiger partial charge in [-0.25, -0.2) is 4.39 Å². The van der Waals surface area contributed by atoms with Gasteiger partial charge in [0.05, 0.1) is 29.8 Å². The van der Waals surface area contributed by atoms with E-state index >= 15 is 0 Å². The van der Waals surface area contributed by atoms with Crippen molar-refractivity contribution >= 4 is 35.1 Å². The van der Waals surface area contributed by atoms with E-state index in [0.717, 1.165) is 12.8 Å². The van der Waals surface area contributed by atoms with Gasteiger partial charge in [-0.3, -0.25) is 14.4 Å². The van der Waals surface area contributed by atoms with Crippen LogP contribution in [0.5, 0.6) is 0 Å². The standard InChI is InChI=1S/C26H31FN4O5/c1-14-22(12-20-19-9-16(27)5-6-21(19)30-25(20)35)29-15(2)24(14)26(36)28-13-18(33)10-17(32)11-23(34)31-7-3-4-8-31/h5-6,9,12,17-18,29,32-33H,3-4,7-8,10-11,13H2,1-2H3,(H,28,36)(H,30,35)/t17-,18+/m1/s1.